The van der Waals surface area contributed by atoms with E-state index in [1.165, 1.54) is 11.8 Å². The van der Waals surface area contributed by atoms with Crippen molar-refractivity contribution in [1.29, 1.82) is 0 Å². The van der Waals surface area contributed by atoms with E-state index in [-0.39, 0.29) is 5.91 Å². The highest BCUT2D eigenvalue weighted by atomic mass is 35.5. The molecule has 1 fully saturated rings. The smallest absolute Gasteiger partial charge is 0.263 e. The summed E-state index contributed by atoms with van der Waals surface area (Å²) in [7, 11) is 0. The summed E-state index contributed by atoms with van der Waals surface area (Å²) >= 11 is 12.0. The van der Waals surface area contributed by atoms with Crippen LogP contribution in [-0.2, 0) is 4.79 Å². The Labute approximate surface area is 129 Å². The quantitative estimate of drug-likeness (QED) is 0.682. The lowest BCUT2D eigenvalue weighted by atomic mass is 10.3. The van der Waals surface area contributed by atoms with Crippen LogP contribution in [-0.4, -0.2) is 20.0 Å². The first-order valence-corrected chi connectivity index (χ1v) is 7.27. The Morgan fingerprint density at radius 3 is 2.75 bits per heavy atom. The van der Waals surface area contributed by atoms with Crippen LogP contribution in [0.15, 0.2) is 41.6 Å². The number of nitrogens with one attached hydrogen (secondary N) is 1. The summed E-state index contributed by atoms with van der Waals surface area (Å²) in [6.07, 6.45) is 5.29. The van der Waals surface area contributed by atoms with Gasteiger partial charge in [-0.1, -0.05) is 35.6 Å². The minimum atomic E-state index is -0.167. The molecule has 0 radical (unpaired) electrons. The minimum absolute atomic E-state index is 0.167. The molecule has 0 aliphatic carbocycles. The first kappa shape index (κ1) is 13.4. The number of benzene rings is 1. The van der Waals surface area contributed by atoms with E-state index in [0.29, 0.717) is 14.2 Å². The number of carbonyl (C=O) groups excluding carboxylic acids is 1. The number of hydrogen-bond donors (Lipinski definition) is 1. The number of thioether (sulfide) groups is 1. The van der Waals surface area contributed by atoms with Gasteiger partial charge in [0.25, 0.3) is 5.91 Å². The highest BCUT2D eigenvalue weighted by Crippen LogP contribution is 2.25. The predicted octanol–water partition coefficient (Wildman–Crippen LogP) is 3.01. The van der Waals surface area contributed by atoms with Crippen LogP contribution in [0.2, 0.25) is 5.02 Å². The van der Waals surface area contributed by atoms with Crippen molar-refractivity contribution in [1.82, 2.24) is 15.1 Å². The number of aromatic nitrogens is 2. The highest BCUT2D eigenvalue weighted by molar-refractivity contribution is 8.26. The monoisotopic (exact) mass is 321 g/mol. The molecule has 0 unspecified atom stereocenters. The number of halogens is 1. The van der Waals surface area contributed by atoms with Crippen LogP contribution in [0, 0.1) is 0 Å². The van der Waals surface area contributed by atoms with Crippen molar-refractivity contribution in [2.24, 2.45) is 0 Å². The second kappa shape index (κ2) is 5.40. The third kappa shape index (κ3) is 2.77. The van der Waals surface area contributed by atoms with E-state index < -0.39 is 0 Å². The second-order valence-corrected chi connectivity index (χ2v) is 6.20. The van der Waals surface area contributed by atoms with E-state index in [1.807, 2.05) is 18.3 Å². The lowest BCUT2D eigenvalue weighted by Crippen LogP contribution is -2.17. The highest BCUT2D eigenvalue weighted by Gasteiger charge is 2.22. The van der Waals surface area contributed by atoms with Crippen molar-refractivity contribution in [3.63, 3.8) is 0 Å². The number of nitrogens with zero attached hydrogens (tertiary/aromatic N) is 2. The first-order chi connectivity index (χ1) is 9.61. The van der Waals surface area contributed by atoms with E-state index in [0.717, 1.165) is 11.3 Å². The molecule has 1 amide bonds. The van der Waals surface area contributed by atoms with Gasteiger partial charge in [-0.15, -0.1) is 0 Å². The molecule has 20 heavy (non-hydrogen) atoms. The molecule has 1 aromatic heterocycles. The Bertz CT molecular complexity index is 721. The van der Waals surface area contributed by atoms with Crippen molar-refractivity contribution in [2.45, 2.75) is 0 Å². The Hall–Kier alpha value is -1.63. The average Bonchev–Trinajstić information content (AvgIpc) is 2.98. The largest absolute Gasteiger partial charge is 0.307 e. The zero-order chi connectivity index (χ0) is 14.1. The van der Waals surface area contributed by atoms with Gasteiger partial charge in [0.15, 0.2) is 0 Å². The molecule has 1 aromatic carbocycles. The predicted molar refractivity (Wildman–Crippen MR) is 84.9 cm³/mol. The van der Waals surface area contributed by atoms with E-state index >= 15 is 0 Å². The van der Waals surface area contributed by atoms with Gasteiger partial charge in [0.2, 0.25) is 0 Å². The van der Waals surface area contributed by atoms with E-state index in [1.54, 1.807) is 29.1 Å². The number of amides is 1. The molecular formula is C13H8ClN3OS2. The lowest BCUT2D eigenvalue weighted by Gasteiger charge is -1.99. The maximum absolute atomic E-state index is 11.6. The molecule has 0 atom stereocenters. The van der Waals surface area contributed by atoms with Crippen molar-refractivity contribution < 1.29 is 4.79 Å². The zero-order valence-electron chi connectivity index (χ0n) is 10.0. The fraction of sp³-hybridized carbons (Fsp3) is 0. The lowest BCUT2D eigenvalue weighted by molar-refractivity contribution is -0.115. The molecule has 1 N–H and O–H groups in total. The second-order valence-electron chi connectivity index (χ2n) is 4.05. The van der Waals surface area contributed by atoms with Crippen LogP contribution in [0.3, 0.4) is 0 Å². The standard InChI is InChI=1S/C13H8ClN3OS2/c14-9-1-3-10(4-2-9)17-7-8(6-15-17)5-11-12(18)16-13(19)20-11/h1-7H,(H,16,18,19). The van der Waals surface area contributed by atoms with E-state index in [2.05, 4.69) is 10.4 Å². The Morgan fingerprint density at radius 1 is 1.35 bits per heavy atom. The molecule has 0 bridgehead atoms. The Kier molecular flexibility index (Phi) is 3.60. The SMILES string of the molecule is O=C1NC(=S)SC1=Cc1cnn(-c2ccc(Cl)cc2)c1. The van der Waals surface area contributed by atoms with Gasteiger partial charge < -0.3 is 5.32 Å². The average molecular weight is 322 g/mol. The number of rotatable bonds is 2. The summed E-state index contributed by atoms with van der Waals surface area (Å²) < 4.78 is 2.20. The minimum Gasteiger partial charge on any atom is -0.307 e. The molecule has 1 aliphatic rings. The normalized spacial score (nSPS) is 16.8. The summed E-state index contributed by atoms with van der Waals surface area (Å²) in [6, 6.07) is 7.35. The van der Waals surface area contributed by atoms with Crippen LogP contribution < -0.4 is 5.32 Å². The molecule has 3 rings (SSSR count). The molecule has 100 valence electrons. The first-order valence-electron chi connectivity index (χ1n) is 5.67. The van der Waals surface area contributed by atoms with Crippen LogP contribution >= 0.6 is 35.6 Å². The maximum atomic E-state index is 11.6. The van der Waals surface area contributed by atoms with Crippen LogP contribution in [0.1, 0.15) is 5.56 Å². The molecular weight excluding hydrogens is 314 g/mol. The van der Waals surface area contributed by atoms with Gasteiger partial charge in [-0.05, 0) is 30.3 Å². The summed E-state index contributed by atoms with van der Waals surface area (Å²) in [4.78, 5) is 12.1. The summed E-state index contributed by atoms with van der Waals surface area (Å²) in [5.41, 5.74) is 1.74. The van der Waals surface area contributed by atoms with Crippen LogP contribution in [0.4, 0.5) is 0 Å². The molecule has 2 heterocycles. The van der Waals surface area contributed by atoms with Crippen LogP contribution in [0.25, 0.3) is 11.8 Å². The molecule has 7 heteroatoms. The van der Waals surface area contributed by atoms with E-state index in [9.17, 15) is 4.79 Å². The van der Waals surface area contributed by atoms with Gasteiger partial charge in [-0.2, -0.15) is 5.10 Å². The van der Waals surface area contributed by atoms with Gasteiger partial charge in [-0.25, -0.2) is 4.68 Å². The van der Waals surface area contributed by atoms with E-state index in [4.69, 9.17) is 23.8 Å². The van der Waals surface area contributed by atoms with Crippen molar-refractivity contribution in [3.8, 4) is 5.69 Å². The maximum Gasteiger partial charge on any atom is 0.263 e. The number of carbonyl (C=O) groups is 1. The molecule has 0 saturated carbocycles. The third-order valence-corrected chi connectivity index (χ3v) is 4.05. The molecule has 1 saturated heterocycles. The zero-order valence-corrected chi connectivity index (χ0v) is 12.4. The van der Waals surface area contributed by atoms with Crippen molar-refractivity contribution >= 4 is 51.9 Å². The number of hydrogen-bond acceptors (Lipinski definition) is 4. The van der Waals surface area contributed by atoms with Gasteiger partial charge in [0.05, 0.1) is 16.8 Å². The number of thiocarbonyl (C=S) groups is 1. The van der Waals surface area contributed by atoms with Gasteiger partial charge in [0.1, 0.15) is 4.32 Å². The summed E-state index contributed by atoms with van der Waals surface area (Å²) in [5, 5.41) is 7.51. The fourth-order valence-corrected chi connectivity index (χ4v) is 2.89. The van der Waals surface area contributed by atoms with Crippen LogP contribution in [0.5, 0.6) is 0 Å². The summed E-state index contributed by atoms with van der Waals surface area (Å²) in [5.74, 6) is -0.167. The molecule has 4 nitrogen and oxygen atoms in total. The molecule has 2 aromatic rings. The van der Waals surface area contributed by atoms with Crippen molar-refractivity contribution in [2.75, 3.05) is 0 Å². The summed E-state index contributed by atoms with van der Waals surface area (Å²) in [6.45, 7) is 0. The Morgan fingerprint density at radius 2 is 2.10 bits per heavy atom. The van der Waals surface area contributed by atoms with Gasteiger partial charge in [0, 0.05) is 16.8 Å². The third-order valence-electron chi connectivity index (χ3n) is 2.63. The van der Waals surface area contributed by atoms with Crippen molar-refractivity contribution in [3.05, 3.63) is 52.2 Å². The topological polar surface area (TPSA) is 46.9 Å². The van der Waals surface area contributed by atoms with Gasteiger partial charge in [-0.3, -0.25) is 4.79 Å². The van der Waals surface area contributed by atoms with Gasteiger partial charge >= 0.3 is 0 Å². The fourth-order valence-electron chi connectivity index (χ4n) is 1.72. The molecule has 0 spiro atoms. The Balaban J connectivity index is 1.87. The molecule has 1 aliphatic heterocycles.